The van der Waals surface area contributed by atoms with Gasteiger partial charge in [0.2, 0.25) is 0 Å². The van der Waals surface area contributed by atoms with Crippen LogP contribution in [0.15, 0.2) is 24.4 Å². The average molecular weight is 203 g/mol. The van der Waals surface area contributed by atoms with Crippen LogP contribution in [0.5, 0.6) is 0 Å². The number of aryl methyl sites for hydroxylation is 2. The van der Waals surface area contributed by atoms with E-state index in [-0.39, 0.29) is 0 Å². The maximum atomic E-state index is 11.1. The summed E-state index contributed by atoms with van der Waals surface area (Å²) in [4.78, 5) is 11.1. The Labute approximate surface area is 87.9 Å². The normalized spacial score (nSPS) is 10.8. The number of hydrogen-bond acceptors (Lipinski definition) is 1. The van der Waals surface area contributed by atoms with E-state index in [9.17, 15) is 4.79 Å². The van der Waals surface area contributed by atoms with Gasteiger partial charge in [0.25, 0.3) is 0 Å². The Morgan fingerprint density at radius 2 is 2.20 bits per heavy atom. The number of fused-ring (bicyclic) bond motifs is 1. The number of aromatic nitrogens is 1. The van der Waals surface area contributed by atoms with Crippen LogP contribution >= 0.6 is 0 Å². The number of carboxylic acids is 1. The second-order valence-corrected chi connectivity index (χ2v) is 3.60. The number of benzene rings is 1. The smallest absolute Gasteiger partial charge is 0.336 e. The van der Waals surface area contributed by atoms with Crippen LogP contribution in [0.3, 0.4) is 0 Å². The highest BCUT2D eigenvalue weighted by molar-refractivity contribution is 6.04. The van der Waals surface area contributed by atoms with Crippen molar-refractivity contribution in [2.75, 3.05) is 0 Å². The molecule has 3 nitrogen and oxygen atoms in total. The van der Waals surface area contributed by atoms with Crippen LogP contribution in [0.25, 0.3) is 10.9 Å². The van der Waals surface area contributed by atoms with Crippen LogP contribution in [0.2, 0.25) is 0 Å². The Morgan fingerprint density at radius 1 is 1.47 bits per heavy atom. The van der Waals surface area contributed by atoms with Gasteiger partial charge in [0, 0.05) is 23.6 Å². The minimum Gasteiger partial charge on any atom is -0.478 e. The highest BCUT2D eigenvalue weighted by atomic mass is 16.4. The van der Waals surface area contributed by atoms with Gasteiger partial charge in [0.1, 0.15) is 0 Å². The van der Waals surface area contributed by atoms with Crippen LogP contribution in [-0.4, -0.2) is 15.6 Å². The number of hydrogen-bond donors (Lipinski definition) is 1. The van der Waals surface area contributed by atoms with Crippen molar-refractivity contribution in [3.8, 4) is 0 Å². The lowest BCUT2D eigenvalue weighted by atomic mass is 10.1. The molecule has 0 spiro atoms. The summed E-state index contributed by atoms with van der Waals surface area (Å²) in [5.41, 5.74) is 2.40. The highest BCUT2D eigenvalue weighted by Gasteiger charge is 2.12. The van der Waals surface area contributed by atoms with Crippen molar-refractivity contribution in [3.63, 3.8) is 0 Å². The fraction of sp³-hybridized carbons (Fsp3) is 0.250. The van der Waals surface area contributed by atoms with Crippen LogP contribution < -0.4 is 0 Å². The topological polar surface area (TPSA) is 42.2 Å². The average Bonchev–Trinajstić information content (AvgIpc) is 2.55. The Balaban J connectivity index is 2.86. The van der Waals surface area contributed by atoms with Gasteiger partial charge in [-0.25, -0.2) is 4.79 Å². The summed E-state index contributed by atoms with van der Waals surface area (Å²) in [7, 11) is 0. The molecule has 0 radical (unpaired) electrons. The molecule has 0 aliphatic carbocycles. The van der Waals surface area contributed by atoms with E-state index in [2.05, 4.69) is 4.57 Å². The lowest BCUT2D eigenvalue weighted by molar-refractivity contribution is 0.0699. The summed E-state index contributed by atoms with van der Waals surface area (Å²) >= 11 is 0. The van der Waals surface area contributed by atoms with Gasteiger partial charge in [-0.05, 0) is 31.5 Å². The molecule has 1 N–H and O–H groups in total. The second kappa shape index (κ2) is 3.42. The van der Waals surface area contributed by atoms with Crippen molar-refractivity contribution in [3.05, 3.63) is 35.5 Å². The Hall–Kier alpha value is -1.77. The Kier molecular flexibility index (Phi) is 2.23. The number of aromatic carboxylic acids is 1. The zero-order valence-corrected chi connectivity index (χ0v) is 8.82. The van der Waals surface area contributed by atoms with Crippen LogP contribution in [0.4, 0.5) is 0 Å². The number of rotatable bonds is 2. The van der Waals surface area contributed by atoms with E-state index in [1.54, 1.807) is 12.1 Å². The van der Waals surface area contributed by atoms with E-state index in [0.717, 1.165) is 23.0 Å². The fourth-order valence-electron chi connectivity index (χ4n) is 2.00. The third-order valence-electron chi connectivity index (χ3n) is 2.67. The molecule has 1 heterocycles. The maximum Gasteiger partial charge on any atom is 0.336 e. The fourth-order valence-corrected chi connectivity index (χ4v) is 2.00. The van der Waals surface area contributed by atoms with Gasteiger partial charge in [-0.3, -0.25) is 0 Å². The Morgan fingerprint density at radius 3 is 2.80 bits per heavy atom. The van der Waals surface area contributed by atoms with Crippen LogP contribution in [-0.2, 0) is 6.54 Å². The predicted molar refractivity (Wildman–Crippen MR) is 59.3 cm³/mol. The number of nitrogens with zero attached hydrogens (tertiary/aromatic N) is 1. The summed E-state index contributed by atoms with van der Waals surface area (Å²) in [6, 6.07) is 5.40. The van der Waals surface area contributed by atoms with Crippen LogP contribution in [0.1, 0.15) is 22.8 Å². The zero-order valence-electron chi connectivity index (χ0n) is 8.82. The lowest BCUT2D eigenvalue weighted by Gasteiger charge is -2.01. The van der Waals surface area contributed by atoms with Crippen molar-refractivity contribution in [2.45, 2.75) is 20.4 Å². The molecule has 0 aliphatic rings. The van der Waals surface area contributed by atoms with Crippen molar-refractivity contribution >= 4 is 16.9 Å². The summed E-state index contributed by atoms with van der Waals surface area (Å²) in [6.07, 6.45) is 2.00. The molecule has 0 fully saturated rings. The highest BCUT2D eigenvalue weighted by Crippen LogP contribution is 2.24. The molecule has 0 bridgehead atoms. The van der Waals surface area contributed by atoms with Gasteiger partial charge in [0.15, 0.2) is 0 Å². The number of carbonyl (C=O) groups is 1. The van der Waals surface area contributed by atoms with Crippen molar-refractivity contribution < 1.29 is 9.90 Å². The molecule has 1 aromatic carbocycles. The minimum atomic E-state index is -0.863. The molecule has 78 valence electrons. The van der Waals surface area contributed by atoms with E-state index >= 15 is 0 Å². The van der Waals surface area contributed by atoms with Gasteiger partial charge in [-0.1, -0.05) is 6.07 Å². The lowest BCUT2D eigenvalue weighted by Crippen LogP contribution is -1.97. The molecule has 0 atom stereocenters. The molecule has 0 unspecified atom stereocenters. The minimum absolute atomic E-state index is 0.386. The monoisotopic (exact) mass is 203 g/mol. The summed E-state index contributed by atoms with van der Waals surface area (Å²) in [5, 5.41) is 9.93. The first kappa shape index (κ1) is 9.77. The van der Waals surface area contributed by atoms with E-state index < -0.39 is 5.97 Å². The van der Waals surface area contributed by atoms with E-state index in [1.807, 2.05) is 26.1 Å². The van der Waals surface area contributed by atoms with Gasteiger partial charge in [0.05, 0.1) is 5.56 Å². The van der Waals surface area contributed by atoms with Crippen molar-refractivity contribution in [2.24, 2.45) is 0 Å². The predicted octanol–water partition coefficient (Wildman–Crippen LogP) is 2.67. The molecule has 0 saturated carbocycles. The first-order chi connectivity index (χ1) is 7.15. The maximum absolute atomic E-state index is 11.1. The summed E-state index contributed by atoms with van der Waals surface area (Å²) in [6.45, 7) is 4.85. The van der Waals surface area contributed by atoms with Crippen molar-refractivity contribution in [1.82, 2.24) is 4.57 Å². The zero-order chi connectivity index (χ0) is 11.0. The standard InChI is InChI=1S/C12H13NO2/c1-3-13-7-8(2)11-9(12(14)15)5-4-6-10(11)13/h4-7H,3H2,1-2H3,(H,14,15). The summed E-state index contributed by atoms with van der Waals surface area (Å²) < 4.78 is 2.07. The SMILES string of the molecule is CCn1cc(C)c2c(C(=O)O)cccc21. The van der Waals surface area contributed by atoms with Gasteiger partial charge in [-0.15, -0.1) is 0 Å². The Bertz CT molecular complexity index is 526. The first-order valence-electron chi connectivity index (χ1n) is 4.97. The molecule has 1 aromatic heterocycles. The number of carboxylic acid groups (broad SMARTS) is 1. The molecule has 2 rings (SSSR count). The molecule has 2 aromatic rings. The first-order valence-corrected chi connectivity index (χ1v) is 4.97. The second-order valence-electron chi connectivity index (χ2n) is 3.60. The van der Waals surface area contributed by atoms with Gasteiger partial charge in [-0.2, -0.15) is 0 Å². The molecule has 0 amide bonds. The molecular weight excluding hydrogens is 190 g/mol. The van der Waals surface area contributed by atoms with E-state index in [4.69, 9.17) is 5.11 Å². The molecule has 0 saturated heterocycles. The van der Waals surface area contributed by atoms with Crippen molar-refractivity contribution in [1.29, 1.82) is 0 Å². The molecule has 15 heavy (non-hydrogen) atoms. The van der Waals surface area contributed by atoms with Gasteiger partial charge < -0.3 is 9.67 Å². The third-order valence-corrected chi connectivity index (χ3v) is 2.67. The molecule has 3 heteroatoms. The van der Waals surface area contributed by atoms with E-state index in [1.165, 1.54) is 0 Å². The van der Waals surface area contributed by atoms with E-state index in [0.29, 0.717) is 5.56 Å². The van der Waals surface area contributed by atoms with Crippen LogP contribution in [0, 0.1) is 6.92 Å². The summed E-state index contributed by atoms with van der Waals surface area (Å²) in [5.74, 6) is -0.863. The third kappa shape index (κ3) is 1.40. The quantitative estimate of drug-likeness (QED) is 0.815. The molecule has 0 aliphatic heterocycles. The molecular formula is C12H13NO2. The van der Waals surface area contributed by atoms with Gasteiger partial charge >= 0.3 is 5.97 Å². The largest absolute Gasteiger partial charge is 0.478 e.